The van der Waals surface area contributed by atoms with E-state index in [1.54, 1.807) is 6.20 Å². The monoisotopic (exact) mass is 321 g/mol. The van der Waals surface area contributed by atoms with Gasteiger partial charge in [-0.15, -0.1) is 0 Å². The lowest BCUT2D eigenvalue weighted by Gasteiger charge is -2.09. The fourth-order valence-electron chi connectivity index (χ4n) is 1.70. The Morgan fingerprint density at radius 2 is 2.11 bits per heavy atom. The van der Waals surface area contributed by atoms with Crippen molar-refractivity contribution in [1.29, 1.82) is 0 Å². The second kappa shape index (κ2) is 6.52. The lowest BCUT2D eigenvalue weighted by Crippen LogP contribution is -2.30. The molecule has 0 saturated carbocycles. The molecule has 0 saturated heterocycles. The molecule has 0 bridgehead atoms. The number of amides is 1. The molecule has 0 spiro atoms. The molecule has 2 N–H and O–H groups in total. The summed E-state index contributed by atoms with van der Waals surface area (Å²) < 4.78 is 0. The molecule has 0 aliphatic heterocycles. The predicted octanol–water partition coefficient (Wildman–Crippen LogP) is 2.87. The number of aromatic amines is 1. The number of rotatable bonds is 5. The van der Waals surface area contributed by atoms with Crippen LogP contribution < -0.4 is 5.32 Å². The molecule has 19 heavy (non-hydrogen) atoms. The maximum Gasteiger partial charge on any atom is 0.234 e. The van der Waals surface area contributed by atoms with Crippen LogP contribution in [0.2, 0.25) is 0 Å². The molecule has 1 unspecified atom stereocenters. The Morgan fingerprint density at radius 1 is 1.37 bits per heavy atom. The van der Waals surface area contributed by atoms with Crippen molar-refractivity contribution in [3.8, 4) is 11.3 Å². The van der Waals surface area contributed by atoms with E-state index in [1.165, 1.54) is 0 Å². The molecule has 0 aliphatic carbocycles. The number of halogens is 1. The number of hydrogen-bond acceptors (Lipinski definition) is 2. The first-order valence-electron chi connectivity index (χ1n) is 6.21. The zero-order chi connectivity index (χ0) is 13.7. The van der Waals surface area contributed by atoms with Crippen LogP contribution in [0.1, 0.15) is 18.9 Å². The van der Waals surface area contributed by atoms with Gasteiger partial charge in [-0.1, -0.05) is 47.1 Å². The quantitative estimate of drug-likeness (QED) is 0.832. The molecule has 1 aromatic carbocycles. The smallest absolute Gasteiger partial charge is 0.234 e. The Morgan fingerprint density at radius 3 is 2.68 bits per heavy atom. The van der Waals surface area contributed by atoms with Gasteiger partial charge in [-0.25, -0.2) is 0 Å². The average molecular weight is 322 g/mol. The first-order valence-corrected chi connectivity index (χ1v) is 7.12. The van der Waals surface area contributed by atoms with Crippen LogP contribution in [-0.2, 0) is 11.3 Å². The molecule has 4 nitrogen and oxygen atoms in total. The van der Waals surface area contributed by atoms with Crippen molar-refractivity contribution in [3.05, 3.63) is 42.1 Å². The molecule has 0 fully saturated rings. The Kier molecular flexibility index (Phi) is 4.74. The van der Waals surface area contributed by atoms with Crippen molar-refractivity contribution in [2.75, 3.05) is 0 Å². The Hall–Kier alpha value is -1.62. The zero-order valence-electron chi connectivity index (χ0n) is 10.7. The van der Waals surface area contributed by atoms with E-state index in [4.69, 9.17) is 0 Å². The summed E-state index contributed by atoms with van der Waals surface area (Å²) in [5.41, 5.74) is 3.15. The molecule has 1 aromatic heterocycles. The fraction of sp³-hybridized carbons (Fsp3) is 0.286. The predicted molar refractivity (Wildman–Crippen MR) is 78.9 cm³/mol. The van der Waals surface area contributed by atoms with Crippen LogP contribution in [-0.4, -0.2) is 20.9 Å². The summed E-state index contributed by atoms with van der Waals surface area (Å²) in [4.78, 5) is 11.5. The van der Waals surface area contributed by atoms with Gasteiger partial charge in [-0.2, -0.15) is 5.10 Å². The molecule has 1 amide bonds. The van der Waals surface area contributed by atoms with Gasteiger partial charge in [0.1, 0.15) is 0 Å². The summed E-state index contributed by atoms with van der Waals surface area (Å²) >= 11 is 3.33. The number of alkyl halides is 1. The summed E-state index contributed by atoms with van der Waals surface area (Å²) in [6.07, 6.45) is 2.51. The minimum Gasteiger partial charge on any atom is -0.351 e. The van der Waals surface area contributed by atoms with E-state index in [0.717, 1.165) is 23.2 Å². The number of aromatic nitrogens is 2. The van der Waals surface area contributed by atoms with Crippen LogP contribution in [0.4, 0.5) is 0 Å². The molecule has 0 aliphatic rings. The van der Waals surface area contributed by atoms with Crippen molar-refractivity contribution in [2.45, 2.75) is 24.7 Å². The summed E-state index contributed by atoms with van der Waals surface area (Å²) in [5.74, 6) is 0.0279. The largest absolute Gasteiger partial charge is 0.351 e. The molecule has 2 rings (SSSR count). The average Bonchev–Trinajstić information content (AvgIpc) is 2.98. The van der Waals surface area contributed by atoms with Crippen molar-refractivity contribution in [2.24, 2.45) is 0 Å². The lowest BCUT2D eigenvalue weighted by atomic mass is 10.1. The van der Waals surface area contributed by atoms with Crippen molar-refractivity contribution in [3.63, 3.8) is 0 Å². The molecule has 1 heterocycles. The summed E-state index contributed by atoms with van der Waals surface area (Å²) in [6.45, 7) is 2.52. The Labute approximate surface area is 120 Å². The Bertz CT molecular complexity index is 522. The molecule has 0 radical (unpaired) electrons. The van der Waals surface area contributed by atoms with Gasteiger partial charge in [0.2, 0.25) is 5.91 Å². The number of carbonyl (C=O) groups excluding carboxylic acids is 1. The van der Waals surface area contributed by atoms with Crippen molar-refractivity contribution in [1.82, 2.24) is 15.5 Å². The number of H-pyrrole nitrogens is 1. The lowest BCUT2D eigenvalue weighted by molar-refractivity contribution is -0.120. The van der Waals surface area contributed by atoms with E-state index in [0.29, 0.717) is 6.54 Å². The number of benzene rings is 1. The number of nitrogens with zero attached hydrogens (tertiary/aromatic N) is 1. The maximum absolute atomic E-state index is 11.6. The van der Waals surface area contributed by atoms with Crippen LogP contribution in [0.5, 0.6) is 0 Å². The van der Waals surface area contributed by atoms with Gasteiger partial charge in [0.25, 0.3) is 0 Å². The van der Waals surface area contributed by atoms with Gasteiger partial charge in [-0.05, 0) is 23.6 Å². The van der Waals surface area contributed by atoms with Gasteiger partial charge in [-0.3, -0.25) is 9.89 Å². The van der Waals surface area contributed by atoms with Gasteiger partial charge < -0.3 is 5.32 Å². The second-order valence-electron chi connectivity index (χ2n) is 4.26. The van der Waals surface area contributed by atoms with Crippen LogP contribution in [0, 0.1) is 0 Å². The number of hydrogen-bond donors (Lipinski definition) is 2. The number of carbonyl (C=O) groups is 1. The highest BCUT2D eigenvalue weighted by Gasteiger charge is 2.11. The van der Waals surface area contributed by atoms with E-state index in [1.807, 2.05) is 37.3 Å². The molecule has 5 heteroatoms. The molecule has 2 aromatic rings. The SMILES string of the molecule is CCC(Br)C(=O)NCc1ccc(-c2ccn[nH]2)cc1. The van der Waals surface area contributed by atoms with Gasteiger partial charge in [0, 0.05) is 12.7 Å². The van der Waals surface area contributed by atoms with Crippen LogP contribution in [0.15, 0.2) is 36.5 Å². The third kappa shape index (κ3) is 3.67. The summed E-state index contributed by atoms with van der Waals surface area (Å²) in [6, 6.07) is 9.96. The minimum atomic E-state index is -0.114. The molecule has 1 atom stereocenters. The van der Waals surface area contributed by atoms with E-state index in [9.17, 15) is 4.79 Å². The second-order valence-corrected chi connectivity index (χ2v) is 5.37. The van der Waals surface area contributed by atoms with Crippen LogP contribution >= 0.6 is 15.9 Å². The standard InChI is InChI=1S/C14H16BrN3O/c1-2-12(15)14(19)16-9-10-3-5-11(6-4-10)13-7-8-17-18-13/h3-8,12H,2,9H2,1H3,(H,16,19)(H,17,18). The first-order chi connectivity index (χ1) is 9.20. The topological polar surface area (TPSA) is 57.8 Å². The highest BCUT2D eigenvalue weighted by atomic mass is 79.9. The van der Waals surface area contributed by atoms with Crippen LogP contribution in [0.3, 0.4) is 0 Å². The summed E-state index contributed by atoms with van der Waals surface area (Å²) in [5, 5.41) is 9.74. The first kappa shape index (κ1) is 13.8. The van der Waals surface area contributed by atoms with Crippen molar-refractivity contribution < 1.29 is 4.79 Å². The van der Waals surface area contributed by atoms with Gasteiger partial charge >= 0.3 is 0 Å². The third-order valence-corrected chi connectivity index (χ3v) is 3.94. The van der Waals surface area contributed by atoms with Crippen molar-refractivity contribution >= 4 is 21.8 Å². The molecule has 100 valence electrons. The number of nitrogens with one attached hydrogen (secondary N) is 2. The normalized spacial score (nSPS) is 12.1. The zero-order valence-corrected chi connectivity index (χ0v) is 12.3. The van der Waals surface area contributed by atoms with Gasteiger partial charge in [0.15, 0.2) is 0 Å². The maximum atomic E-state index is 11.6. The third-order valence-electron chi connectivity index (χ3n) is 2.88. The highest BCUT2D eigenvalue weighted by Crippen LogP contribution is 2.16. The summed E-state index contributed by atoms with van der Waals surface area (Å²) in [7, 11) is 0. The van der Waals surface area contributed by atoms with E-state index in [2.05, 4.69) is 31.4 Å². The van der Waals surface area contributed by atoms with E-state index >= 15 is 0 Å². The highest BCUT2D eigenvalue weighted by molar-refractivity contribution is 9.10. The molecular weight excluding hydrogens is 306 g/mol. The Balaban J connectivity index is 1.94. The van der Waals surface area contributed by atoms with Crippen LogP contribution in [0.25, 0.3) is 11.3 Å². The molecular formula is C14H16BrN3O. The fourth-order valence-corrected chi connectivity index (χ4v) is 1.87. The van der Waals surface area contributed by atoms with E-state index < -0.39 is 0 Å². The van der Waals surface area contributed by atoms with Gasteiger partial charge in [0.05, 0.1) is 10.5 Å². The minimum absolute atomic E-state index is 0.0279. The van der Waals surface area contributed by atoms with E-state index in [-0.39, 0.29) is 10.7 Å².